The molecule has 0 radical (unpaired) electrons. The van der Waals surface area contributed by atoms with Crippen LogP contribution in [0.1, 0.15) is 17.7 Å². The first-order chi connectivity index (χ1) is 7.27. The number of carbonyl (C=O) groups excluding carboxylic acids is 1. The molecule has 0 amide bonds. The van der Waals surface area contributed by atoms with Gasteiger partial charge in [0.25, 0.3) is 0 Å². The predicted octanol–water partition coefficient (Wildman–Crippen LogP) is 4.52. The van der Waals surface area contributed by atoms with Crippen LogP contribution in [0, 0.1) is 0 Å². The van der Waals surface area contributed by atoms with E-state index in [1.54, 1.807) is 0 Å². The van der Waals surface area contributed by atoms with Gasteiger partial charge in [-0.25, -0.2) is 0 Å². The van der Waals surface area contributed by atoms with E-state index in [9.17, 15) is 4.79 Å². The Morgan fingerprint density at radius 3 is 2.53 bits per heavy atom. The van der Waals surface area contributed by atoms with E-state index in [0.717, 1.165) is 0 Å². The van der Waals surface area contributed by atoms with Crippen molar-refractivity contribution in [3.8, 4) is 0 Å². The summed E-state index contributed by atoms with van der Waals surface area (Å²) in [5.74, 6) is 0. The number of carbonyl (C=O) groups is 1. The molecule has 0 saturated heterocycles. The van der Waals surface area contributed by atoms with Crippen molar-refractivity contribution < 1.29 is 4.79 Å². The predicted molar refractivity (Wildman–Crippen MR) is 70.5 cm³/mol. The summed E-state index contributed by atoms with van der Waals surface area (Å²) < 4.78 is 0.155. The van der Waals surface area contributed by atoms with E-state index in [0.29, 0.717) is 0 Å². The molecule has 0 spiro atoms. The molecule has 1 atom stereocenters. The lowest BCUT2D eigenvalue weighted by Gasteiger charge is -2.10. The summed E-state index contributed by atoms with van der Waals surface area (Å²) in [4.78, 5) is 11.4. The molecule has 0 saturated carbocycles. The quantitative estimate of drug-likeness (QED) is 0.721. The maximum atomic E-state index is 11.4. The van der Waals surface area contributed by atoms with E-state index in [-0.39, 0.29) is 9.70 Å². The fraction of sp³-hybridized carbons (Fsp3) is 0.250. The highest BCUT2D eigenvalue weighted by Crippen LogP contribution is 2.33. The lowest BCUT2D eigenvalue weighted by atomic mass is 10.1. The Morgan fingerprint density at radius 2 is 2.00 bits per heavy atom. The van der Waals surface area contributed by atoms with Crippen molar-refractivity contribution in [3.63, 3.8) is 0 Å². The molecule has 0 aliphatic carbocycles. The number of benzene rings is 1. The normalized spacial score (nSPS) is 12.9. The molecule has 1 rings (SSSR count). The third-order valence-corrected chi connectivity index (χ3v) is 3.88. The van der Waals surface area contributed by atoms with Crippen molar-refractivity contribution in [2.45, 2.75) is 12.2 Å². The Balaban J connectivity index is 2.79. The summed E-state index contributed by atoms with van der Waals surface area (Å²) in [7, 11) is 0. The molecule has 0 aliphatic rings. The molecule has 0 aromatic heterocycles. The van der Waals surface area contributed by atoms with Crippen LogP contribution in [-0.2, 0) is 0 Å². The zero-order valence-electron chi connectivity index (χ0n) is 8.84. The van der Waals surface area contributed by atoms with Crippen molar-refractivity contribution in [2.75, 3.05) is 6.26 Å². The first-order valence-electron chi connectivity index (χ1n) is 4.70. The van der Waals surface area contributed by atoms with E-state index >= 15 is 0 Å². The zero-order valence-corrected chi connectivity index (χ0v) is 10.5. The van der Waals surface area contributed by atoms with Gasteiger partial charge in [0.15, 0.2) is 0 Å². The number of rotatable bonds is 3. The van der Waals surface area contributed by atoms with Crippen LogP contribution in [-0.4, -0.2) is 10.7 Å². The highest BCUT2D eigenvalue weighted by Gasteiger charge is 2.12. The number of hydrogen-bond donors (Lipinski definition) is 0. The van der Waals surface area contributed by atoms with Crippen molar-refractivity contribution in [1.82, 2.24) is 0 Å². The van der Waals surface area contributed by atoms with Gasteiger partial charge in [0.1, 0.15) is 0 Å². The van der Waals surface area contributed by atoms with Gasteiger partial charge in [0.05, 0.1) is 5.25 Å². The van der Waals surface area contributed by atoms with Crippen LogP contribution in [0.25, 0.3) is 0 Å². The van der Waals surface area contributed by atoms with Crippen molar-refractivity contribution in [1.29, 1.82) is 0 Å². The van der Waals surface area contributed by atoms with E-state index in [2.05, 4.69) is 0 Å². The van der Waals surface area contributed by atoms with Gasteiger partial charge in [0, 0.05) is 0 Å². The SMILES string of the molecule is CC=CC(SC(=O)SC)c1ccccc1. The Bertz CT molecular complexity index is 333. The fourth-order valence-electron chi connectivity index (χ4n) is 1.19. The number of allylic oxidation sites excluding steroid dienone is 1. The average Bonchev–Trinajstić information content (AvgIpc) is 2.29. The summed E-state index contributed by atoms with van der Waals surface area (Å²) in [6, 6.07) is 10.1. The number of thioether (sulfide) groups is 2. The molecular formula is C12H14OS2. The molecule has 1 unspecified atom stereocenters. The lowest BCUT2D eigenvalue weighted by Crippen LogP contribution is -1.92. The molecule has 80 valence electrons. The van der Waals surface area contributed by atoms with E-state index in [1.807, 2.05) is 55.7 Å². The smallest absolute Gasteiger partial charge is 0.246 e. The molecule has 0 bridgehead atoms. The lowest BCUT2D eigenvalue weighted by molar-refractivity contribution is 0.276. The molecule has 1 aromatic rings. The van der Waals surface area contributed by atoms with Crippen LogP contribution < -0.4 is 0 Å². The van der Waals surface area contributed by atoms with Gasteiger partial charge < -0.3 is 0 Å². The van der Waals surface area contributed by atoms with Gasteiger partial charge in [-0.05, 0) is 18.7 Å². The van der Waals surface area contributed by atoms with Crippen LogP contribution in [0.5, 0.6) is 0 Å². The molecule has 0 N–H and O–H groups in total. The van der Waals surface area contributed by atoms with Gasteiger partial charge in [-0.3, -0.25) is 4.79 Å². The molecule has 1 aromatic carbocycles. The minimum absolute atomic E-state index is 0.135. The van der Waals surface area contributed by atoms with E-state index in [4.69, 9.17) is 0 Å². The highest BCUT2D eigenvalue weighted by molar-refractivity contribution is 8.38. The Labute approximate surface area is 99.3 Å². The van der Waals surface area contributed by atoms with Crippen molar-refractivity contribution in [3.05, 3.63) is 48.0 Å². The van der Waals surface area contributed by atoms with Crippen LogP contribution in [0.3, 0.4) is 0 Å². The third kappa shape index (κ3) is 4.14. The first kappa shape index (κ1) is 12.4. The van der Waals surface area contributed by atoms with Crippen LogP contribution in [0.2, 0.25) is 0 Å². The Kier molecular flexibility index (Phi) is 5.58. The van der Waals surface area contributed by atoms with Crippen LogP contribution in [0.4, 0.5) is 4.79 Å². The monoisotopic (exact) mass is 238 g/mol. The van der Waals surface area contributed by atoms with E-state index < -0.39 is 0 Å². The minimum Gasteiger partial charge on any atom is -0.274 e. The molecule has 0 aliphatic heterocycles. The minimum atomic E-state index is 0.135. The van der Waals surface area contributed by atoms with Gasteiger partial charge in [-0.1, -0.05) is 66.0 Å². The van der Waals surface area contributed by atoms with Gasteiger partial charge in [-0.2, -0.15) is 0 Å². The standard InChI is InChI=1S/C12H14OS2/c1-3-7-11(15-12(13)14-2)10-8-5-4-6-9-10/h3-9,11H,1-2H3. The van der Waals surface area contributed by atoms with Crippen molar-refractivity contribution in [2.24, 2.45) is 0 Å². The second-order valence-corrected chi connectivity index (χ2v) is 5.08. The van der Waals surface area contributed by atoms with Gasteiger partial charge in [-0.15, -0.1) is 0 Å². The highest BCUT2D eigenvalue weighted by atomic mass is 32.2. The molecular weight excluding hydrogens is 224 g/mol. The van der Waals surface area contributed by atoms with Gasteiger partial charge in [0.2, 0.25) is 4.45 Å². The summed E-state index contributed by atoms with van der Waals surface area (Å²) in [6.45, 7) is 1.97. The summed E-state index contributed by atoms with van der Waals surface area (Å²) in [6.07, 6.45) is 5.85. The first-order valence-corrected chi connectivity index (χ1v) is 6.80. The molecule has 0 heterocycles. The third-order valence-electron chi connectivity index (χ3n) is 1.89. The molecule has 15 heavy (non-hydrogen) atoms. The van der Waals surface area contributed by atoms with Crippen molar-refractivity contribution >= 4 is 28.0 Å². The largest absolute Gasteiger partial charge is 0.274 e. The maximum absolute atomic E-state index is 11.4. The molecule has 1 nitrogen and oxygen atoms in total. The number of hydrogen-bond acceptors (Lipinski definition) is 3. The van der Waals surface area contributed by atoms with E-state index in [1.165, 1.54) is 29.1 Å². The van der Waals surface area contributed by atoms with Gasteiger partial charge >= 0.3 is 0 Å². The Hall–Kier alpha value is -0.670. The Morgan fingerprint density at radius 1 is 1.33 bits per heavy atom. The topological polar surface area (TPSA) is 17.1 Å². The van der Waals surface area contributed by atoms with Crippen LogP contribution >= 0.6 is 23.5 Å². The summed E-state index contributed by atoms with van der Waals surface area (Å²) >= 11 is 2.62. The molecule has 3 heteroatoms. The average molecular weight is 238 g/mol. The molecule has 0 fully saturated rings. The summed E-state index contributed by atoms with van der Waals surface area (Å²) in [5, 5.41) is 0.135. The van der Waals surface area contributed by atoms with Crippen LogP contribution in [0.15, 0.2) is 42.5 Å². The summed E-state index contributed by atoms with van der Waals surface area (Å²) in [5.41, 5.74) is 1.17. The second-order valence-electron chi connectivity index (χ2n) is 2.93. The zero-order chi connectivity index (χ0) is 11.1. The second kappa shape index (κ2) is 6.75. The fourth-order valence-corrected chi connectivity index (χ4v) is 2.62. The maximum Gasteiger partial charge on any atom is 0.246 e.